The Balaban J connectivity index is 2.23. The maximum absolute atomic E-state index is 12.0. The number of hydrogen-bond acceptors (Lipinski definition) is 2. The largest absolute Gasteiger partial charge is 0.347 e. The average molecular weight is 289 g/mol. The van der Waals surface area contributed by atoms with Crippen molar-refractivity contribution in [3.05, 3.63) is 53.2 Å². The van der Waals surface area contributed by atoms with Crippen LogP contribution < -0.4 is 5.32 Å². The fourth-order valence-corrected chi connectivity index (χ4v) is 2.02. The van der Waals surface area contributed by atoms with E-state index in [4.69, 9.17) is 11.6 Å². The van der Waals surface area contributed by atoms with Gasteiger partial charge in [-0.1, -0.05) is 23.7 Å². The fourth-order valence-electron chi connectivity index (χ4n) is 1.79. The van der Waals surface area contributed by atoms with Crippen molar-refractivity contribution in [1.29, 1.82) is 0 Å². The molecule has 0 aliphatic carbocycles. The van der Waals surface area contributed by atoms with E-state index in [0.717, 1.165) is 11.3 Å². The smallest absolute Gasteiger partial charge is 0.251 e. The maximum Gasteiger partial charge on any atom is 0.251 e. The van der Waals surface area contributed by atoms with Crippen LogP contribution in [0.4, 0.5) is 0 Å². The third kappa shape index (κ3) is 3.58. The number of rotatable bonds is 2. The van der Waals surface area contributed by atoms with Gasteiger partial charge >= 0.3 is 0 Å². The van der Waals surface area contributed by atoms with Crippen LogP contribution in [-0.2, 0) is 0 Å². The van der Waals surface area contributed by atoms with Crippen molar-refractivity contribution in [3.8, 4) is 11.3 Å². The van der Waals surface area contributed by atoms with Crippen molar-refractivity contribution in [2.75, 3.05) is 0 Å². The quantitative estimate of drug-likeness (QED) is 0.910. The topological polar surface area (TPSA) is 42.0 Å². The van der Waals surface area contributed by atoms with Crippen LogP contribution in [0.2, 0.25) is 5.02 Å². The molecule has 0 spiro atoms. The number of hydrogen-bond donors (Lipinski definition) is 1. The number of carbonyl (C=O) groups excluding carboxylic acids is 1. The lowest BCUT2D eigenvalue weighted by molar-refractivity contribution is 0.0919. The summed E-state index contributed by atoms with van der Waals surface area (Å²) in [4.78, 5) is 16.3. The van der Waals surface area contributed by atoms with Gasteiger partial charge in [-0.3, -0.25) is 9.78 Å². The van der Waals surface area contributed by atoms with Gasteiger partial charge in [0.2, 0.25) is 0 Å². The number of nitrogens with zero attached hydrogens (tertiary/aromatic N) is 1. The monoisotopic (exact) mass is 288 g/mol. The Kier molecular flexibility index (Phi) is 4.09. The van der Waals surface area contributed by atoms with Gasteiger partial charge in [-0.15, -0.1) is 0 Å². The molecule has 2 aromatic rings. The molecule has 1 heterocycles. The maximum atomic E-state index is 12.0. The molecule has 3 nitrogen and oxygen atoms in total. The molecule has 2 rings (SSSR count). The summed E-state index contributed by atoms with van der Waals surface area (Å²) < 4.78 is 0. The lowest BCUT2D eigenvalue weighted by Crippen LogP contribution is -2.40. The van der Waals surface area contributed by atoms with Crippen molar-refractivity contribution in [2.24, 2.45) is 0 Å². The van der Waals surface area contributed by atoms with Gasteiger partial charge in [0.05, 0.1) is 10.7 Å². The van der Waals surface area contributed by atoms with Gasteiger partial charge in [0.25, 0.3) is 5.91 Å². The first-order valence-electron chi connectivity index (χ1n) is 6.40. The number of nitrogens with one attached hydrogen (secondary N) is 1. The highest BCUT2D eigenvalue weighted by molar-refractivity contribution is 6.33. The van der Waals surface area contributed by atoms with Crippen LogP contribution in [0.5, 0.6) is 0 Å². The van der Waals surface area contributed by atoms with Gasteiger partial charge in [0.15, 0.2) is 0 Å². The zero-order valence-electron chi connectivity index (χ0n) is 11.8. The van der Waals surface area contributed by atoms with Crippen molar-refractivity contribution < 1.29 is 4.79 Å². The van der Waals surface area contributed by atoms with E-state index in [-0.39, 0.29) is 11.4 Å². The van der Waals surface area contributed by atoms with Gasteiger partial charge in [-0.2, -0.15) is 0 Å². The van der Waals surface area contributed by atoms with Gasteiger partial charge in [0, 0.05) is 22.9 Å². The number of benzene rings is 1. The molecule has 0 radical (unpaired) electrons. The highest BCUT2D eigenvalue weighted by Crippen LogP contribution is 2.25. The molecular formula is C16H17ClN2O. The molecule has 1 amide bonds. The zero-order chi connectivity index (χ0) is 14.8. The predicted octanol–water partition coefficient (Wildman–Crippen LogP) is 3.93. The van der Waals surface area contributed by atoms with Crippen molar-refractivity contribution in [3.63, 3.8) is 0 Å². The highest BCUT2D eigenvalue weighted by Gasteiger charge is 2.15. The van der Waals surface area contributed by atoms with E-state index in [1.807, 2.05) is 32.9 Å². The molecule has 0 unspecified atom stereocenters. The number of aromatic nitrogens is 1. The Labute approximate surface area is 124 Å². The number of carbonyl (C=O) groups is 1. The molecule has 1 N–H and O–H groups in total. The zero-order valence-corrected chi connectivity index (χ0v) is 12.5. The summed E-state index contributed by atoms with van der Waals surface area (Å²) in [6.07, 6.45) is 1.70. The van der Waals surface area contributed by atoms with E-state index in [9.17, 15) is 4.79 Å². The van der Waals surface area contributed by atoms with Crippen LogP contribution in [0.15, 0.2) is 42.6 Å². The molecule has 0 atom stereocenters. The molecule has 0 saturated heterocycles. The van der Waals surface area contributed by atoms with Crippen LogP contribution in [-0.4, -0.2) is 16.4 Å². The molecule has 20 heavy (non-hydrogen) atoms. The first-order chi connectivity index (χ1) is 9.37. The summed E-state index contributed by atoms with van der Waals surface area (Å²) in [5, 5.41) is 3.52. The Morgan fingerprint density at radius 1 is 1.15 bits per heavy atom. The second-order valence-electron chi connectivity index (χ2n) is 5.62. The molecule has 0 aliphatic rings. The number of amides is 1. The van der Waals surface area contributed by atoms with Gasteiger partial charge in [-0.25, -0.2) is 0 Å². The molecule has 0 saturated carbocycles. The summed E-state index contributed by atoms with van der Waals surface area (Å²) in [6.45, 7) is 5.85. The van der Waals surface area contributed by atoms with Crippen LogP contribution in [0.3, 0.4) is 0 Å². The Morgan fingerprint density at radius 2 is 1.80 bits per heavy atom. The lowest BCUT2D eigenvalue weighted by atomic mass is 10.1. The normalized spacial score (nSPS) is 11.2. The van der Waals surface area contributed by atoms with Gasteiger partial charge in [-0.05, 0) is 45.0 Å². The second kappa shape index (κ2) is 5.63. The molecule has 1 aromatic carbocycles. The lowest BCUT2D eigenvalue weighted by Gasteiger charge is -2.20. The third-order valence-electron chi connectivity index (χ3n) is 2.67. The van der Waals surface area contributed by atoms with E-state index in [0.29, 0.717) is 10.6 Å². The van der Waals surface area contributed by atoms with Crippen molar-refractivity contribution >= 4 is 17.5 Å². The average Bonchev–Trinajstić information content (AvgIpc) is 2.37. The molecule has 0 bridgehead atoms. The van der Waals surface area contributed by atoms with E-state index in [1.165, 1.54) is 0 Å². The summed E-state index contributed by atoms with van der Waals surface area (Å²) in [7, 11) is 0. The molecule has 0 aliphatic heterocycles. The van der Waals surface area contributed by atoms with Gasteiger partial charge < -0.3 is 5.32 Å². The third-order valence-corrected chi connectivity index (χ3v) is 2.97. The summed E-state index contributed by atoms with van der Waals surface area (Å²) in [6, 6.07) is 10.8. The van der Waals surface area contributed by atoms with Crippen LogP contribution >= 0.6 is 11.6 Å². The van der Waals surface area contributed by atoms with Crippen LogP contribution in [0.25, 0.3) is 11.3 Å². The molecular weight excluding hydrogens is 272 g/mol. The second-order valence-corrected chi connectivity index (χ2v) is 6.02. The van der Waals surface area contributed by atoms with Crippen LogP contribution in [0, 0.1) is 0 Å². The Bertz CT molecular complexity index is 615. The molecule has 0 fully saturated rings. The SMILES string of the molecule is CC(C)(C)NC(=O)c1ccc(-c2ncccc2Cl)cc1. The minimum atomic E-state index is -0.250. The minimum Gasteiger partial charge on any atom is -0.347 e. The number of halogens is 1. The fraction of sp³-hybridized carbons (Fsp3) is 0.250. The molecule has 4 heteroatoms. The Hall–Kier alpha value is -1.87. The van der Waals surface area contributed by atoms with Crippen molar-refractivity contribution in [1.82, 2.24) is 10.3 Å². The van der Waals surface area contributed by atoms with E-state index in [2.05, 4.69) is 10.3 Å². The van der Waals surface area contributed by atoms with E-state index < -0.39 is 0 Å². The van der Waals surface area contributed by atoms with E-state index in [1.54, 1.807) is 30.5 Å². The predicted molar refractivity (Wildman–Crippen MR) is 81.9 cm³/mol. The number of pyridine rings is 1. The van der Waals surface area contributed by atoms with Gasteiger partial charge in [0.1, 0.15) is 0 Å². The Morgan fingerprint density at radius 3 is 2.35 bits per heavy atom. The summed E-state index contributed by atoms with van der Waals surface area (Å²) >= 11 is 6.11. The minimum absolute atomic E-state index is 0.0869. The molecule has 1 aromatic heterocycles. The first-order valence-corrected chi connectivity index (χ1v) is 6.78. The standard InChI is InChI=1S/C16H17ClN2O/c1-16(2,3)19-15(20)12-8-6-11(7-9-12)14-13(17)5-4-10-18-14/h4-10H,1-3H3,(H,19,20). The summed E-state index contributed by atoms with van der Waals surface area (Å²) in [5.41, 5.74) is 1.98. The highest BCUT2D eigenvalue weighted by atomic mass is 35.5. The molecule has 104 valence electrons. The van der Waals surface area contributed by atoms with Crippen LogP contribution in [0.1, 0.15) is 31.1 Å². The summed E-state index contributed by atoms with van der Waals surface area (Å²) in [5.74, 6) is -0.0869. The van der Waals surface area contributed by atoms with E-state index >= 15 is 0 Å². The first kappa shape index (κ1) is 14.5. The van der Waals surface area contributed by atoms with Crippen molar-refractivity contribution in [2.45, 2.75) is 26.3 Å².